The number of halogens is 3. The number of carbonyl (C=O) groups excluding carboxylic acids is 1. The highest BCUT2D eigenvalue weighted by atomic mass is 32.1. The van der Waals surface area contributed by atoms with Crippen LogP contribution < -0.4 is 10.1 Å². The van der Waals surface area contributed by atoms with Gasteiger partial charge in [0.05, 0.1) is 12.2 Å². The molecule has 5 nitrogen and oxygen atoms in total. The maximum absolute atomic E-state index is 12.9. The molecule has 1 amide bonds. The van der Waals surface area contributed by atoms with Crippen molar-refractivity contribution in [2.75, 3.05) is 11.9 Å². The number of nitrogens with one attached hydrogen (secondary N) is 1. The molecular weight excluding hydrogens is 451 g/mol. The quantitative estimate of drug-likeness (QED) is 0.319. The molecule has 0 radical (unpaired) electrons. The van der Waals surface area contributed by atoms with Crippen molar-refractivity contribution in [2.24, 2.45) is 0 Å². The normalized spacial score (nSPS) is 11.7. The van der Waals surface area contributed by atoms with E-state index in [9.17, 15) is 23.2 Å². The fourth-order valence-corrected chi connectivity index (χ4v) is 3.76. The summed E-state index contributed by atoms with van der Waals surface area (Å²) in [5.74, 6) is -0.0692. The van der Waals surface area contributed by atoms with E-state index in [1.807, 2.05) is 13.0 Å². The summed E-state index contributed by atoms with van der Waals surface area (Å²) in [6.07, 6.45) is -0.429. The number of nitriles is 1. The summed E-state index contributed by atoms with van der Waals surface area (Å²) in [6, 6.07) is 14.0. The Morgan fingerprint density at radius 3 is 2.76 bits per heavy atom. The second-order valence-corrected chi connectivity index (χ2v) is 8.13. The van der Waals surface area contributed by atoms with Crippen LogP contribution in [0.25, 0.3) is 6.08 Å². The number of hydrogen-bond acceptors (Lipinski definition) is 5. The van der Waals surface area contributed by atoms with Crippen LogP contribution >= 0.6 is 11.3 Å². The van der Waals surface area contributed by atoms with Crippen LogP contribution in [0.2, 0.25) is 0 Å². The maximum Gasteiger partial charge on any atom is 0.416 e. The zero-order valence-corrected chi connectivity index (χ0v) is 18.5. The lowest BCUT2D eigenvalue weighted by Crippen LogP contribution is -2.13. The number of thiazole rings is 1. The van der Waals surface area contributed by atoms with Crippen molar-refractivity contribution in [3.05, 3.63) is 81.9 Å². The van der Waals surface area contributed by atoms with Crippen molar-refractivity contribution >= 4 is 28.5 Å². The smallest absolute Gasteiger partial charge is 0.416 e. The summed E-state index contributed by atoms with van der Waals surface area (Å²) in [5.41, 5.74) is 0.233. The zero-order valence-electron chi connectivity index (χ0n) is 17.6. The van der Waals surface area contributed by atoms with Crippen LogP contribution in [0.4, 0.5) is 18.3 Å². The molecule has 0 fully saturated rings. The molecule has 1 aromatic heterocycles. The Hall–Kier alpha value is -3.64. The van der Waals surface area contributed by atoms with Crippen LogP contribution in [0.15, 0.2) is 60.3 Å². The Labute approximate surface area is 193 Å². The number of nitrogens with zero attached hydrogens (tertiary/aromatic N) is 2. The summed E-state index contributed by atoms with van der Waals surface area (Å²) in [4.78, 5) is 17.4. The lowest BCUT2D eigenvalue weighted by atomic mass is 10.1. The molecule has 0 unspecified atom stereocenters. The van der Waals surface area contributed by atoms with E-state index < -0.39 is 17.6 Å². The molecule has 0 atom stereocenters. The maximum atomic E-state index is 12.9. The number of benzene rings is 2. The second kappa shape index (κ2) is 10.8. The van der Waals surface area contributed by atoms with E-state index in [4.69, 9.17) is 4.74 Å². The minimum atomic E-state index is -4.41. The van der Waals surface area contributed by atoms with E-state index in [1.54, 1.807) is 30.3 Å². The number of rotatable bonds is 8. The topological polar surface area (TPSA) is 75.0 Å². The molecule has 9 heteroatoms. The minimum Gasteiger partial charge on any atom is -0.493 e. The van der Waals surface area contributed by atoms with E-state index in [0.29, 0.717) is 28.4 Å². The Bertz CT molecular complexity index is 1200. The van der Waals surface area contributed by atoms with Gasteiger partial charge in [0.25, 0.3) is 5.91 Å². The van der Waals surface area contributed by atoms with Gasteiger partial charge in [-0.15, -0.1) is 11.3 Å². The standard InChI is InChI=1S/C24H20F3N3O2S/c1-2-10-32-21-9-4-3-7-17(21)13-18(14-28)22(31)30-23-29-15-20(33-23)12-16-6-5-8-19(11-16)24(25,26)27/h3-9,11,13,15H,2,10,12H2,1H3,(H,29,30,31)/b18-13+. The molecule has 1 heterocycles. The van der Waals surface area contributed by atoms with Gasteiger partial charge in [0.2, 0.25) is 0 Å². The highest BCUT2D eigenvalue weighted by Gasteiger charge is 2.30. The SMILES string of the molecule is CCCOc1ccccc1/C=C(\C#N)C(=O)Nc1ncc(Cc2cccc(C(F)(F)F)c2)s1. The molecule has 3 aromatic rings. The fraction of sp³-hybridized carbons (Fsp3) is 0.208. The van der Waals surface area contributed by atoms with Gasteiger partial charge < -0.3 is 4.74 Å². The molecule has 2 aromatic carbocycles. The summed E-state index contributed by atoms with van der Waals surface area (Å²) < 4.78 is 44.4. The van der Waals surface area contributed by atoms with Gasteiger partial charge in [-0.3, -0.25) is 10.1 Å². The third-order valence-electron chi connectivity index (χ3n) is 4.45. The molecule has 0 aliphatic heterocycles. The number of hydrogen-bond donors (Lipinski definition) is 1. The van der Waals surface area contributed by atoms with Gasteiger partial charge in [-0.2, -0.15) is 18.4 Å². The predicted octanol–water partition coefficient (Wildman–Crippen LogP) is 6.09. The van der Waals surface area contributed by atoms with Crippen molar-refractivity contribution < 1.29 is 22.7 Å². The first-order valence-corrected chi connectivity index (χ1v) is 10.9. The van der Waals surface area contributed by atoms with Gasteiger partial charge in [0.1, 0.15) is 17.4 Å². The Morgan fingerprint density at radius 2 is 2.03 bits per heavy atom. The molecule has 1 N–H and O–H groups in total. The van der Waals surface area contributed by atoms with Crippen LogP contribution in [0.5, 0.6) is 5.75 Å². The van der Waals surface area contributed by atoms with Crippen molar-refractivity contribution in [3.8, 4) is 11.8 Å². The Balaban J connectivity index is 1.71. The predicted molar refractivity (Wildman–Crippen MR) is 121 cm³/mol. The van der Waals surface area contributed by atoms with Crippen molar-refractivity contribution in [1.82, 2.24) is 4.98 Å². The van der Waals surface area contributed by atoms with Gasteiger partial charge in [0.15, 0.2) is 5.13 Å². The third kappa shape index (κ3) is 6.67. The number of anilines is 1. The third-order valence-corrected chi connectivity index (χ3v) is 5.37. The Kier molecular flexibility index (Phi) is 7.85. The number of carbonyl (C=O) groups is 1. The monoisotopic (exact) mass is 471 g/mol. The number of amides is 1. The molecule has 0 spiro atoms. The molecular formula is C24H20F3N3O2S. The van der Waals surface area contributed by atoms with E-state index in [-0.39, 0.29) is 17.1 Å². The summed E-state index contributed by atoms with van der Waals surface area (Å²) in [6.45, 7) is 2.48. The van der Waals surface area contributed by atoms with Crippen molar-refractivity contribution in [1.29, 1.82) is 5.26 Å². The number of para-hydroxylation sites is 1. The fourth-order valence-electron chi connectivity index (χ4n) is 2.92. The van der Waals surface area contributed by atoms with Gasteiger partial charge in [-0.25, -0.2) is 4.98 Å². The summed E-state index contributed by atoms with van der Waals surface area (Å²) >= 11 is 1.13. The average molecular weight is 472 g/mol. The first-order valence-electron chi connectivity index (χ1n) is 10.1. The van der Waals surface area contributed by atoms with Gasteiger partial charge in [0, 0.05) is 23.1 Å². The van der Waals surface area contributed by atoms with E-state index in [2.05, 4.69) is 10.3 Å². The molecule has 0 aliphatic rings. The van der Waals surface area contributed by atoms with Crippen LogP contribution in [0.3, 0.4) is 0 Å². The van der Waals surface area contributed by atoms with Crippen LogP contribution in [0, 0.1) is 11.3 Å². The number of aromatic nitrogens is 1. The first-order chi connectivity index (χ1) is 15.8. The van der Waals surface area contributed by atoms with E-state index in [1.165, 1.54) is 18.3 Å². The molecule has 0 saturated heterocycles. The lowest BCUT2D eigenvalue weighted by molar-refractivity contribution is -0.137. The van der Waals surface area contributed by atoms with Crippen molar-refractivity contribution in [3.63, 3.8) is 0 Å². The van der Waals surface area contributed by atoms with Crippen LogP contribution in [-0.4, -0.2) is 17.5 Å². The van der Waals surface area contributed by atoms with E-state index >= 15 is 0 Å². The van der Waals surface area contributed by atoms with Gasteiger partial charge in [-0.1, -0.05) is 43.3 Å². The molecule has 0 aliphatic carbocycles. The minimum absolute atomic E-state index is 0.128. The molecule has 33 heavy (non-hydrogen) atoms. The highest BCUT2D eigenvalue weighted by molar-refractivity contribution is 7.15. The number of ether oxygens (including phenoxy) is 1. The van der Waals surface area contributed by atoms with E-state index in [0.717, 1.165) is 29.9 Å². The summed E-state index contributed by atoms with van der Waals surface area (Å²) in [5, 5.41) is 12.3. The lowest BCUT2D eigenvalue weighted by Gasteiger charge is -2.08. The molecule has 0 saturated carbocycles. The van der Waals surface area contributed by atoms with Crippen LogP contribution in [0.1, 0.15) is 34.9 Å². The Morgan fingerprint density at radius 1 is 1.24 bits per heavy atom. The molecule has 3 rings (SSSR count). The zero-order chi connectivity index (χ0) is 23.8. The second-order valence-electron chi connectivity index (χ2n) is 7.02. The largest absolute Gasteiger partial charge is 0.493 e. The van der Waals surface area contributed by atoms with Gasteiger partial charge in [-0.05, 0) is 30.2 Å². The summed E-state index contributed by atoms with van der Waals surface area (Å²) in [7, 11) is 0. The van der Waals surface area contributed by atoms with Crippen LogP contribution in [-0.2, 0) is 17.4 Å². The molecule has 170 valence electrons. The highest BCUT2D eigenvalue weighted by Crippen LogP contribution is 2.31. The first kappa shape index (κ1) is 24.0. The van der Waals surface area contributed by atoms with Crippen molar-refractivity contribution in [2.45, 2.75) is 25.9 Å². The average Bonchev–Trinajstić information content (AvgIpc) is 3.22. The number of alkyl halides is 3. The molecule has 0 bridgehead atoms. The van der Waals surface area contributed by atoms with Gasteiger partial charge >= 0.3 is 6.18 Å².